The van der Waals surface area contributed by atoms with Crippen LogP contribution in [0, 0.1) is 19.8 Å². The Balaban J connectivity index is 1.81. The highest BCUT2D eigenvalue weighted by Crippen LogP contribution is 2.54. The van der Waals surface area contributed by atoms with Crippen LogP contribution in [0.5, 0.6) is 0 Å². The molecule has 0 bridgehead atoms. The summed E-state index contributed by atoms with van der Waals surface area (Å²) in [6.45, 7) is 9.03. The van der Waals surface area contributed by atoms with Crippen molar-refractivity contribution in [1.82, 2.24) is 4.90 Å². The fourth-order valence-electron chi connectivity index (χ4n) is 4.09. The topological polar surface area (TPSA) is 40.6 Å². The zero-order valence-electron chi connectivity index (χ0n) is 16.9. The lowest BCUT2D eigenvalue weighted by Gasteiger charge is -2.34. The van der Waals surface area contributed by atoms with Gasteiger partial charge < -0.3 is 9.80 Å². The van der Waals surface area contributed by atoms with Gasteiger partial charge in [-0.05, 0) is 25.5 Å². The molecule has 0 N–H and O–H groups in total. The molecule has 5 heteroatoms. The first-order valence-electron chi connectivity index (χ1n) is 9.78. The predicted octanol–water partition coefficient (Wildman–Crippen LogP) is 4.23. The van der Waals surface area contributed by atoms with Crippen LogP contribution >= 0.6 is 11.8 Å². The fourth-order valence-corrected chi connectivity index (χ4v) is 5.55. The quantitative estimate of drug-likeness (QED) is 0.782. The van der Waals surface area contributed by atoms with Crippen molar-refractivity contribution in [1.29, 1.82) is 0 Å². The number of carbonyl (C=O) groups excluding carboxylic acids is 2. The largest absolute Gasteiger partial charge is 0.315 e. The Bertz CT molecular complexity index is 938. The van der Waals surface area contributed by atoms with Gasteiger partial charge in [0.05, 0.1) is 12.2 Å². The molecule has 2 heterocycles. The molecule has 2 aromatic rings. The number of carbonyl (C=O) groups is 2. The summed E-state index contributed by atoms with van der Waals surface area (Å²) in [5.74, 6) is 0.687. The summed E-state index contributed by atoms with van der Waals surface area (Å²) < 4.78 is 0. The molecule has 1 fully saturated rings. The Morgan fingerprint density at radius 2 is 1.79 bits per heavy atom. The number of hydrogen-bond donors (Lipinski definition) is 0. The Morgan fingerprint density at radius 1 is 1.11 bits per heavy atom. The molecule has 1 atom stereocenters. The normalized spacial score (nSPS) is 21.1. The van der Waals surface area contributed by atoms with Gasteiger partial charge in [0.25, 0.3) is 5.91 Å². The minimum absolute atomic E-state index is 0.00479. The Hall–Kier alpha value is -2.27. The number of thioether (sulfide) groups is 1. The van der Waals surface area contributed by atoms with Gasteiger partial charge >= 0.3 is 0 Å². The third-order valence-electron chi connectivity index (χ3n) is 5.57. The molecule has 1 spiro atoms. The van der Waals surface area contributed by atoms with E-state index in [4.69, 9.17) is 0 Å². The summed E-state index contributed by atoms with van der Waals surface area (Å²) in [5.41, 5.74) is 5.28. The summed E-state index contributed by atoms with van der Waals surface area (Å²) in [6, 6.07) is 14.4. The number of fused-ring (bicyclic) bond motifs is 2. The number of nitrogens with zero attached hydrogens (tertiary/aromatic N) is 2. The molecular weight excluding hydrogens is 368 g/mol. The van der Waals surface area contributed by atoms with E-state index in [2.05, 4.69) is 37.3 Å². The maximum atomic E-state index is 13.8. The van der Waals surface area contributed by atoms with Crippen LogP contribution in [0.4, 0.5) is 5.69 Å². The van der Waals surface area contributed by atoms with Crippen LogP contribution in [0.1, 0.15) is 36.1 Å². The van der Waals surface area contributed by atoms with E-state index < -0.39 is 4.87 Å². The lowest BCUT2D eigenvalue weighted by Crippen LogP contribution is -2.51. The minimum atomic E-state index is -0.923. The van der Waals surface area contributed by atoms with Crippen molar-refractivity contribution >= 4 is 29.3 Å². The average molecular weight is 395 g/mol. The van der Waals surface area contributed by atoms with Gasteiger partial charge in [0.2, 0.25) is 5.91 Å². The zero-order chi connectivity index (χ0) is 20.1. The van der Waals surface area contributed by atoms with Crippen LogP contribution in [0.3, 0.4) is 0 Å². The molecular formula is C23H26N2O2S. The number of hydrogen-bond acceptors (Lipinski definition) is 3. The lowest BCUT2D eigenvalue weighted by atomic mass is 10.0. The number of anilines is 1. The second-order valence-electron chi connectivity index (χ2n) is 8.03. The Labute approximate surface area is 170 Å². The number of amides is 2. The van der Waals surface area contributed by atoms with Crippen molar-refractivity contribution in [2.75, 3.05) is 17.2 Å². The van der Waals surface area contributed by atoms with Crippen molar-refractivity contribution < 1.29 is 9.59 Å². The number of rotatable bonds is 3. The summed E-state index contributed by atoms with van der Waals surface area (Å²) in [5, 5.41) is 0. The van der Waals surface area contributed by atoms with Gasteiger partial charge in [-0.3, -0.25) is 9.59 Å². The first-order chi connectivity index (χ1) is 13.3. The van der Waals surface area contributed by atoms with Crippen LogP contribution < -0.4 is 4.90 Å². The molecule has 28 heavy (non-hydrogen) atoms. The predicted molar refractivity (Wildman–Crippen MR) is 114 cm³/mol. The first-order valence-corrected chi connectivity index (χ1v) is 10.8. The maximum Gasteiger partial charge on any atom is 0.268 e. The smallest absolute Gasteiger partial charge is 0.268 e. The van der Waals surface area contributed by atoms with Gasteiger partial charge in [0.15, 0.2) is 4.87 Å². The molecule has 0 unspecified atom stereocenters. The van der Waals surface area contributed by atoms with Crippen LogP contribution in [0.15, 0.2) is 42.5 Å². The summed E-state index contributed by atoms with van der Waals surface area (Å²) in [4.78, 5) is 29.6. The van der Waals surface area contributed by atoms with Gasteiger partial charge in [-0.25, -0.2) is 0 Å². The van der Waals surface area contributed by atoms with E-state index in [-0.39, 0.29) is 17.7 Å². The standard InChI is InChI=1S/C23H26N2O2S/c1-15(2)21(26)25-11-12-28-23(25)19-13-17(4)7-10-20(19)24(22(23)27)14-18-8-5-16(3)6-9-18/h5-10,13,15H,11-12,14H2,1-4H3/t23-/m0/s1. The van der Waals surface area contributed by atoms with Gasteiger partial charge in [-0.1, -0.05) is 61.4 Å². The van der Waals surface area contributed by atoms with Gasteiger partial charge in [0.1, 0.15) is 0 Å². The molecule has 2 aliphatic rings. The van der Waals surface area contributed by atoms with Crippen LogP contribution in [-0.2, 0) is 21.0 Å². The van der Waals surface area contributed by atoms with E-state index in [9.17, 15) is 9.59 Å². The number of aryl methyl sites for hydroxylation is 2. The van der Waals surface area contributed by atoms with Crippen molar-refractivity contribution in [3.8, 4) is 0 Å². The second-order valence-corrected chi connectivity index (χ2v) is 9.32. The van der Waals surface area contributed by atoms with Crippen LogP contribution in [0.2, 0.25) is 0 Å². The lowest BCUT2D eigenvalue weighted by molar-refractivity contribution is -0.142. The molecule has 0 aliphatic carbocycles. The van der Waals surface area contributed by atoms with Crippen LogP contribution in [0.25, 0.3) is 0 Å². The molecule has 0 saturated carbocycles. The van der Waals surface area contributed by atoms with E-state index in [0.717, 1.165) is 28.1 Å². The highest BCUT2D eigenvalue weighted by Gasteiger charge is 2.59. The van der Waals surface area contributed by atoms with E-state index in [1.807, 2.05) is 42.7 Å². The maximum absolute atomic E-state index is 13.8. The van der Waals surface area contributed by atoms with Crippen LogP contribution in [-0.4, -0.2) is 29.0 Å². The second kappa shape index (κ2) is 6.96. The monoisotopic (exact) mass is 394 g/mol. The molecule has 0 aromatic heterocycles. The summed E-state index contributed by atoms with van der Waals surface area (Å²) in [6.07, 6.45) is 0. The Morgan fingerprint density at radius 3 is 2.46 bits per heavy atom. The first kappa shape index (κ1) is 19.1. The Kier molecular flexibility index (Phi) is 4.74. The van der Waals surface area contributed by atoms with E-state index in [1.54, 1.807) is 11.8 Å². The highest BCUT2D eigenvalue weighted by atomic mass is 32.2. The van der Waals surface area contributed by atoms with Gasteiger partial charge in [0, 0.05) is 23.8 Å². The molecule has 0 radical (unpaired) electrons. The molecule has 1 saturated heterocycles. The van der Waals surface area contributed by atoms with E-state index >= 15 is 0 Å². The molecule has 2 amide bonds. The highest BCUT2D eigenvalue weighted by molar-refractivity contribution is 8.01. The molecule has 4 nitrogen and oxygen atoms in total. The molecule has 2 aromatic carbocycles. The van der Waals surface area contributed by atoms with Gasteiger partial charge in [-0.15, -0.1) is 11.8 Å². The molecule has 2 aliphatic heterocycles. The van der Waals surface area contributed by atoms with Crippen molar-refractivity contribution in [3.63, 3.8) is 0 Å². The summed E-state index contributed by atoms with van der Waals surface area (Å²) >= 11 is 1.60. The average Bonchev–Trinajstić information content (AvgIpc) is 3.20. The van der Waals surface area contributed by atoms with Crippen molar-refractivity contribution in [2.24, 2.45) is 5.92 Å². The SMILES string of the molecule is Cc1ccc(CN2C(=O)[C@@]3(SCCN3C(=O)C(C)C)c3cc(C)ccc32)cc1. The number of benzene rings is 2. The molecule has 4 rings (SSSR count). The summed E-state index contributed by atoms with van der Waals surface area (Å²) in [7, 11) is 0. The molecule has 146 valence electrons. The minimum Gasteiger partial charge on any atom is -0.315 e. The van der Waals surface area contributed by atoms with E-state index in [1.165, 1.54) is 5.56 Å². The van der Waals surface area contributed by atoms with Gasteiger partial charge in [-0.2, -0.15) is 0 Å². The third kappa shape index (κ3) is 2.84. The van der Waals surface area contributed by atoms with Crippen molar-refractivity contribution in [2.45, 2.75) is 39.1 Å². The van der Waals surface area contributed by atoms with E-state index in [0.29, 0.717) is 13.1 Å². The zero-order valence-corrected chi connectivity index (χ0v) is 17.7. The fraction of sp³-hybridized carbons (Fsp3) is 0.391. The third-order valence-corrected chi connectivity index (χ3v) is 6.99. The van der Waals surface area contributed by atoms with Crippen molar-refractivity contribution in [3.05, 3.63) is 64.7 Å².